The molecule has 0 unspecified atom stereocenters. The van der Waals surface area contributed by atoms with E-state index < -0.39 is 18.8 Å². The van der Waals surface area contributed by atoms with Gasteiger partial charge in [-0.3, -0.25) is 4.79 Å². The van der Waals surface area contributed by atoms with Crippen LogP contribution in [0.5, 0.6) is 5.75 Å². The molecular formula is C19H18F3NO4. The number of hydrogen-bond acceptors (Lipinski definition) is 3. The minimum Gasteiger partial charge on any atom is -0.484 e. The highest BCUT2D eigenvalue weighted by atomic mass is 19.4. The van der Waals surface area contributed by atoms with E-state index in [1.165, 1.54) is 18.2 Å². The molecule has 0 spiro atoms. The van der Waals surface area contributed by atoms with Crippen LogP contribution in [0.25, 0.3) is 0 Å². The number of aromatic carboxylic acids is 1. The lowest BCUT2D eigenvalue weighted by atomic mass is 10.1. The first-order chi connectivity index (χ1) is 12.7. The lowest BCUT2D eigenvalue weighted by Gasteiger charge is -2.13. The second-order valence-electron chi connectivity index (χ2n) is 5.79. The fraction of sp³-hybridized carbons (Fsp3) is 0.263. The van der Waals surface area contributed by atoms with Gasteiger partial charge >= 0.3 is 12.1 Å². The first kappa shape index (κ1) is 20.3. The van der Waals surface area contributed by atoms with Gasteiger partial charge in [-0.2, -0.15) is 13.2 Å². The smallest absolute Gasteiger partial charge is 0.422 e. The molecule has 0 bridgehead atoms. The van der Waals surface area contributed by atoms with Gasteiger partial charge in [-0.05, 0) is 30.2 Å². The van der Waals surface area contributed by atoms with E-state index in [2.05, 4.69) is 5.32 Å². The summed E-state index contributed by atoms with van der Waals surface area (Å²) in [5, 5.41) is 11.5. The first-order valence-electron chi connectivity index (χ1n) is 8.11. The predicted octanol–water partition coefficient (Wildman–Crippen LogP) is 3.57. The third-order valence-electron chi connectivity index (χ3n) is 3.68. The van der Waals surface area contributed by atoms with Crippen LogP contribution in [-0.2, 0) is 17.8 Å². The van der Waals surface area contributed by atoms with Crippen LogP contribution in [0.4, 0.5) is 13.2 Å². The van der Waals surface area contributed by atoms with Crippen molar-refractivity contribution in [2.75, 3.05) is 6.61 Å². The molecule has 0 aromatic heterocycles. The molecule has 2 N–H and O–H groups in total. The molecule has 1 amide bonds. The molecule has 5 nitrogen and oxygen atoms in total. The quantitative estimate of drug-likeness (QED) is 0.733. The lowest BCUT2D eigenvalue weighted by Crippen LogP contribution is -2.24. The van der Waals surface area contributed by atoms with E-state index in [1.54, 1.807) is 30.3 Å². The molecule has 0 heterocycles. The largest absolute Gasteiger partial charge is 0.484 e. The lowest BCUT2D eigenvalue weighted by molar-refractivity contribution is -0.153. The maximum Gasteiger partial charge on any atom is 0.422 e. The number of alkyl halides is 3. The second-order valence-corrected chi connectivity index (χ2v) is 5.79. The van der Waals surface area contributed by atoms with Crippen LogP contribution in [0, 0.1) is 0 Å². The van der Waals surface area contributed by atoms with Crippen LogP contribution in [-0.4, -0.2) is 29.8 Å². The third-order valence-corrected chi connectivity index (χ3v) is 3.68. The molecule has 2 rings (SSSR count). The highest BCUT2D eigenvalue weighted by molar-refractivity contribution is 5.87. The molecule has 0 fully saturated rings. The summed E-state index contributed by atoms with van der Waals surface area (Å²) in [6, 6.07) is 12.4. The zero-order valence-corrected chi connectivity index (χ0v) is 14.3. The summed E-state index contributed by atoms with van der Waals surface area (Å²) in [7, 11) is 0. The topological polar surface area (TPSA) is 75.6 Å². The Morgan fingerprint density at radius 1 is 1.04 bits per heavy atom. The fourth-order valence-electron chi connectivity index (χ4n) is 2.30. The van der Waals surface area contributed by atoms with Crippen molar-refractivity contribution in [3.63, 3.8) is 0 Å². The van der Waals surface area contributed by atoms with Gasteiger partial charge in [0.15, 0.2) is 6.61 Å². The van der Waals surface area contributed by atoms with Crippen LogP contribution < -0.4 is 10.1 Å². The van der Waals surface area contributed by atoms with Crippen LogP contribution in [0.1, 0.15) is 27.9 Å². The van der Waals surface area contributed by atoms with Crippen molar-refractivity contribution in [3.05, 3.63) is 65.2 Å². The Labute approximate surface area is 153 Å². The maximum absolute atomic E-state index is 12.3. The van der Waals surface area contributed by atoms with Gasteiger partial charge < -0.3 is 15.2 Å². The molecule has 0 aliphatic rings. The SMILES string of the molecule is O=C(CCc1ccc(C(=O)O)cc1)NCc1ccccc1OCC(F)(F)F. The van der Waals surface area contributed by atoms with E-state index in [0.29, 0.717) is 12.0 Å². The number of rotatable bonds is 8. The van der Waals surface area contributed by atoms with Crippen molar-refractivity contribution in [2.24, 2.45) is 0 Å². The average molecular weight is 381 g/mol. The number of carbonyl (C=O) groups is 2. The maximum atomic E-state index is 12.3. The van der Waals surface area contributed by atoms with E-state index in [4.69, 9.17) is 9.84 Å². The van der Waals surface area contributed by atoms with Gasteiger partial charge in [0.2, 0.25) is 5.91 Å². The Morgan fingerprint density at radius 3 is 2.33 bits per heavy atom. The Bertz CT molecular complexity index is 788. The Balaban J connectivity index is 1.84. The molecule has 0 atom stereocenters. The number of carboxylic acid groups (broad SMARTS) is 1. The summed E-state index contributed by atoms with van der Waals surface area (Å²) in [5.41, 5.74) is 1.42. The second kappa shape index (κ2) is 9.07. The molecule has 2 aromatic carbocycles. The molecule has 0 aliphatic carbocycles. The zero-order valence-electron chi connectivity index (χ0n) is 14.3. The number of ether oxygens (including phenoxy) is 1. The molecule has 144 valence electrons. The van der Waals surface area contributed by atoms with Crippen molar-refractivity contribution in [1.82, 2.24) is 5.32 Å². The summed E-state index contributed by atoms with van der Waals surface area (Å²) in [6.45, 7) is -1.35. The minimum atomic E-state index is -4.44. The van der Waals surface area contributed by atoms with Crippen molar-refractivity contribution in [1.29, 1.82) is 0 Å². The Hall–Kier alpha value is -3.03. The van der Waals surface area contributed by atoms with Gasteiger partial charge in [0.05, 0.1) is 5.56 Å². The highest BCUT2D eigenvalue weighted by Gasteiger charge is 2.28. The van der Waals surface area contributed by atoms with Crippen LogP contribution in [0.15, 0.2) is 48.5 Å². The number of carboxylic acids is 1. The first-order valence-corrected chi connectivity index (χ1v) is 8.11. The van der Waals surface area contributed by atoms with Gasteiger partial charge in [-0.25, -0.2) is 4.79 Å². The summed E-state index contributed by atoms with van der Waals surface area (Å²) < 4.78 is 41.6. The van der Waals surface area contributed by atoms with E-state index in [9.17, 15) is 22.8 Å². The van der Waals surface area contributed by atoms with Crippen LogP contribution >= 0.6 is 0 Å². The van der Waals surface area contributed by atoms with Gasteiger partial charge in [0.25, 0.3) is 0 Å². The Kier molecular flexibility index (Phi) is 6.81. The number of hydrogen-bond donors (Lipinski definition) is 2. The summed E-state index contributed by atoms with van der Waals surface area (Å²) in [5.74, 6) is -1.23. The van der Waals surface area contributed by atoms with Crippen LogP contribution in [0.2, 0.25) is 0 Å². The third kappa shape index (κ3) is 7.01. The van der Waals surface area contributed by atoms with E-state index in [0.717, 1.165) is 5.56 Å². The minimum absolute atomic E-state index is 0.0464. The normalized spacial score (nSPS) is 11.1. The molecule has 0 saturated heterocycles. The number of para-hydroxylation sites is 1. The summed E-state index contributed by atoms with van der Waals surface area (Å²) in [4.78, 5) is 22.8. The molecule has 8 heteroatoms. The van der Waals surface area contributed by atoms with E-state index >= 15 is 0 Å². The molecule has 2 aromatic rings. The van der Waals surface area contributed by atoms with Crippen molar-refractivity contribution >= 4 is 11.9 Å². The van der Waals surface area contributed by atoms with Crippen molar-refractivity contribution in [3.8, 4) is 5.75 Å². The van der Waals surface area contributed by atoms with Crippen LogP contribution in [0.3, 0.4) is 0 Å². The highest BCUT2D eigenvalue weighted by Crippen LogP contribution is 2.22. The molecule has 0 saturated carbocycles. The predicted molar refractivity (Wildman–Crippen MR) is 91.6 cm³/mol. The van der Waals surface area contributed by atoms with Gasteiger partial charge in [-0.15, -0.1) is 0 Å². The van der Waals surface area contributed by atoms with Crippen molar-refractivity contribution < 1.29 is 32.6 Å². The molecule has 27 heavy (non-hydrogen) atoms. The van der Waals surface area contributed by atoms with E-state index in [1.807, 2.05) is 0 Å². The van der Waals surface area contributed by atoms with Gasteiger partial charge in [-0.1, -0.05) is 30.3 Å². The van der Waals surface area contributed by atoms with Gasteiger partial charge in [0.1, 0.15) is 5.75 Å². The monoisotopic (exact) mass is 381 g/mol. The zero-order chi connectivity index (χ0) is 19.9. The number of benzene rings is 2. The molecule has 0 radical (unpaired) electrons. The number of nitrogens with one attached hydrogen (secondary N) is 1. The van der Waals surface area contributed by atoms with Gasteiger partial charge in [0, 0.05) is 18.5 Å². The summed E-state index contributed by atoms with van der Waals surface area (Å²) in [6.07, 6.45) is -3.86. The average Bonchev–Trinajstić information content (AvgIpc) is 2.63. The Morgan fingerprint density at radius 2 is 1.70 bits per heavy atom. The number of amides is 1. The standard InChI is InChI=1S/C19H18F3NO4/c20-19(21,22)12-27-16-4-2-1-3-15(16)11-23-17(24)10-7-13-5-8-14(9-6-13)18(25)26/h1-6,8-9H,7,10-12H2,(H,23,24)(H,25,26). The van der Waals surface area contributed by atoms with Crippen molar-refractivity contribution in [2.45, 2.75) is 25.6 Å². The number of halogens is 3. The fourth-order valence-corrected chi connectivity index (χ4v) is 2.30. The molecule has 0 aliphatic heterocycles. The molecular weight excluding hydrogens is 363 g/mol. The summed E-state index contributed by atoms with van der Waals surface area (Å²) >= 11 is 0. The number of carbonyl (C=O) groups excluding carboxylic acids is 1. The van der Waals surface area contributed by atoms with E-state index in [-0.39, 0.29) is 30.2 Å². The number of aryl methyl sites for hydroxylation is 1.